The van der Waals surface area contributed by atoms with Gasteiger partial charge in [0, 0.05) is 6.42 Å². The maximum absolute atomic E-state index is 11.3. The fourth-order valence-corrected chi connectivity index (χ4v) is 3.01. The molecule has 4 nitrogen and oxygen atoms in total. The molecular weight excluding hydrogens is 356 g/mol. The van der Waals surface area contributed by atoms with E-state index in [1.807, 2.05) is 0 Å². The summed E-state index contributed by atoms with van der Waals surface area (Å²) in [6, 6.07) is 3.50. The van der Waals surface area contributed by atoms with Gasteiger partial charge in [-0.3, -0.25) is 0 Å². The van der Waals surface area contributed by atoms with Crippen LogP contribution in [0.5, 0.6) is 5.75 Å². The minimum Gasteiger partial charge on any atom is -0.476 e. The zero-order valence-corrected chi connectivity index (χ0v) is 12.0. The van der Waals surface area contributed by atoms with Crippen LogP contribution in [0.2, 0.25) is 0 Å². The molecule has 1 unspecified atom stereocenters. The molecular formula is C11H10Br2O4. The molecule has 17 heavy (non-hydrogen) atoms. The van der Waals surface area contributed by atoms with Gasteiger partial charge in [-0.1, -0.05) is 0 Å². The maximum Gasteiger partial charge on any atom is 0.347 e. The number of rotatable bonds is 3. The van der Waals surface area contributed by atoms with Gasteiger partial charge in [-0.15, -0.1) is 0 Å². The standard InChI is InChI=1S/C11H10Br2O4/c12-7-3-6(5-14)4-8(13)10(7)17-9-1-2-16-11(9)15/h3-4,9,14H,1-2,5H2. The van der Waals surface area contributed by atoms with Crippen LogP contribution >= 0.6 is 31.9 Å². The predicted octanol–water partition coefficient (Wildman–Crippen LogP) is 2.40. The molecule has 0 spiro atoms. The summed E-state index contributed by atoms with van der Waals surface area (Å²) in [6.45, 7) is 0.344. The molecule has 0 saturated carbocycles. The van der Waals surface area contributed by atoms with Crippen LogP contribution < -0.4 is 4.74 Å². The van der Waals surface area contributed by atoms with Gasteiger partial charge in [0.15, 0.2) is 6.10 Å². The van der Waals surface area contributed by atoms with Gasteiger partial charge in [-0.05, 0) is 49.6 Å². The van der Waals surface area contributed by atoms with E-state index in [0.717, 1.165) is 5.56 Å². The number of carbonyl (C=O) groups is 1. The zero-order valence-electron chi connectivity index (χ0n) is 8.78. The third kappa shape index (κ3) is 2.81. The summed E-state index contributed by atoms with van der Waals surface area (Å²) in [6.07, 6.45) is 0.00185. The van der Waals surface area contributed by atoms with Crippen molar-refractivity contribution in [3.8, 4) is 5.75 Å². The lowest BCUT2D eigenvalue weighted by Gasteiger charge is -2.14. The lowest BCUT2D eigenvalue weighted by atomic mass is 10.2. The average molecular weight is 366 g/mol. The molecule has 0 amide bonds. The molecule has 1 fully saturated rings. The molecule has 1 aromatic rings. The van der Waals surface area contributed by atoms with Gasteiger partial charge in [0.25, 0.3) is 0 Å². The molecule has 1 aliphatic heterocycles. The highest BCUT2D eigenvalue weighted by Crippen LogP contribution is 2.36. The minimum absolute atomic E-state index is 0.0526. The number of carbonyl (C=O) groups excluding carboxylic acids is 1. The molecule has 1 heterocycles. The molecule has 2 rings (SSSR count). The Balaban J connectivity index is 2.23. The van der Waals surface area contributed by atoms with Crippen molar-refractivity contribution < 1.29 is 19.4 Å². The second-order valence-corrected chi connectivity index (χ2v) is 5.32. The molecule has 1 aromatic carbocycles. The first kappa shape index (κ1) is 12.9. The third-order valence-corrected chi connectivity index (χ3v) is 3.57. The maximum atomic E-state index is 11.3. The van der Waals surface area contributed by atoms with Crippen molar-refractivity contribution in [1.82, 2.24) is 0 Å². The highest BCUT2D eigenvalue weighted by molar-refractivity contribution is 9.11. The second kappa shape index (κ2) is 5.37. The van der Waals surface area contributed by atoms with Crippen molar-refractivity contribution in [1.29, 1.82) is 0 Å². The normalized spacial score (nSPS) is 19.2. The van der Waals surface area contributed by atoms with E-state index in [0.29, 0.717) is 27.7 Å². The molecule has 6 heteroatoms. The van der Waals surface area contributed by atoms with Crippen molar-refractivity contribution in [3.63, 3.8) is 0 Å². The highest BCUT2D eigenvalue weighted by Gasteiger charge is 2.29. The van der Waals surface area contributed by atoms with Crippen LogP contribution in [0.25, 0.3) is 0 Å². The summed E-state index contributed by atoms with van der Waals surface area (Å²) in [4.78, 5) is 11.3. The zero-order chi connectivity index (χ0) is 12.4. The topological polar surface area (TPSA) is 55.8 Å². The van der Waals surface area contributed by atoms with Crippen molar-refractivity contribution in [2.24, 2.45) is 0 Å². The van der Waals surface area contributed by atoms with Crippen molar-refractivity contribution in [3.05, 3.63) is 26.6 Å². The van der Waals surface area contributed by atoms with Crippen molar-refractivity contribution in [2.75, 3.05) is 6.61 Å². The van der Waals surface area contributed by atoms with E-state index in [4.69, 9.17) is 14.6 Å². The molecule has 0 aliphatic carbocycles. The molecule has 0 bridgehead atoms. The summed E-state index contributed by atoms with van der Waals surface area (Å²) in [5, 5.41) is 9.05. The number of halogens is 2. The molecule has 92 valence electrons. The number of aliphatic hydroxyl groups is 1. The summed E-state index contributed by atoms with van der Waals surface area (Å²) < 4.78 is 11.8. The lowest BCUT2D eigenvalue weighted by Crippen LogP contribution is -2.22. The van der Waals surface area contributed by atoms with Gasteiger partial charge in [0.2, 0.25) is 0 Å². The van der Waals surface area contributed by atoms with E-state index >= 15 is 0 Å². The number of ether oxygens (including phenoxy) is 2. The Hall–Kier alpha value is -0.590. The van der Waals surface area contributed by atoms with Crippen molar-refractivity contribution in [2.45, 2.75) is 19.1 Å². The minimum atomic E-state index is -0.553. The van der Waals surface area contributed by atoms with Crippen molar-refractivity contribution >= 4 is 37.8 Å². The summed E-state index contributed by atoms with van der Waals surface area (Å²) in [5.74, 6) is 0.209. The van der Waals surface area contributed by atoms with Crippen LogP contribution in [-0.2, 0) is 16.1 Å². The van der Waals surface area contributed by atoms with E-state index in [9.17, 15) is 4.79 Å². The highest BCUT2D eigenvalue weighted by atomic mass is 79.9. The molecule has 1 saturated heterocycles. The fraction of sp³-hybridized carbons (Fsp3) is 0.364. The number of esters is 1. The smallest absolute Gasteiger partial charge is 0.347 e. The Bertz CT molecular complexity index is 424. The molecule has 0 aromatic heterocycles. The summed E-state index contributed by atoms with van der Waals surface area (Å²) >= 11 is 6.70. The van der Waals surface area contributed by atoms with Gasteiger partial charge in [-0.2, -0.15) is 0 Å². The van der Waals surface area contributed by atoms with E-state index < -0.39 is 6.10 Å². The Morgan fingerprint density at radius 3 is 2.53 bits per heavy atom. The SMILES string of the molecule is O=C1OCCC1Oc1c(Br)cc(CO)cc1Br. The number of hydrogen-bond acceptors (Lipinski definition) is 4. The lowest BCUT2D eigenvalue weighted by molar-refractivity contribution is -0.143. The first-order valence-corrected chi connectivity index (χ1v) is 6.62. The Kier molecular flexibility index (Phi) is 4.06. The Labute approximate surface area is 115 Å². The summed E-state index contributed by atoms with van der Waals surface area (Å²) in [5.41, 5.74) is 0.755. The quantitative estimate of drug-likeness (QED) is 0.835. The van der Waals surface area contributed by atoms with Gasteiger partial charge >= 0.3 is 5.97 Å². The van der Waals surface area contributed by atoms with Crippen LogP contribution in [0.15, 0.2) is 21.1 Å². The number of hydrogen-bond donors (Lipinski definition) is 1. The largest absolute Gasteiger partial charge is 0.476 e. The number of benzene rings is 1. The molecule has 0 radical (unpaired) electrons. The fourth-order valence-electron chi connectivity index (χ4n) is 1.54. The number of cyclic esters (lactones) is 1. The third-order valence-electron chi connectivity index (χ3n) is 2.39. The van der Waals surface area contributed by atoms with E-state index in [1.165, 1.54) is 0 Å². The molecule has 1 aliphatic rings. The van der Waals surface area contributed by atoms with Crippen LogP contribution in [0, 0.1) is 0 Å². The number of aliphatic hydroxyl groups excluding tert-OH is 1. The Morgan fingerprint density at radius 2 is 2.06 bits per heavy atom. The average Bonchev–Trinajstić information content (AvgIpc) is 2.69. The molecule has 1 N–H and O–H groups in total. The van der Waals surface area contributed by atoms with Gasteiger partial charge < -0.3 is 14.6 Å². The molecule has 1 atom stereocenters. The monoisotopic (exact) mass is 364 g/mol. The predicted molar refractivity (Wildman–Crippen MR) is 67.8 cm³/mol. The van der Waals surface area contributed by atoms with Crippen LogP contribution in [0.4, 0.5) is 0 Å². The first-order chi connectivity index (χ1) is 8.11. The second-order valence-electron chi connectivity index (χ2n) is 3.61. The van der Waals surface area contributed by atoms with Crippen LogP contribution in [0.1, 0.15) is 12.0 Å². The Morgan fingerprint density at radius 1 is 1.41 bits per heavy atom. The van der Waals surface area contributed by atoms with E-state index in [-0.39, 0.29) is 12.6 Å². The van der Waals surface area contributed by atoms with Crippen LogP contribution in [-0.4, -0.2) is 23.8 Å². The van der Waals surface area contributed by atoms with Crippen LogP contribution in [0.3, 0.4) is 0 Å². The van der Waals surface area contributed by atoms with E-state index in [1.54, 1.807) is 12.1 Å². The van der Waals surface area contributed by atoms with E-state index in [2.05, 4.69) is 31.9 Å². The van der Waals surface area contributed by atoms with Gasteiger partial charge in [-0.25, -0.2) is 4.79 Å². The van der Waals surface area contributed by atoms with Gasteiger partial charge in [0.05, 0.1) is 22.2 Å². The first-order valence-electron chi connectivity index (χ1n) is 5.04. The van der Waals surface area contributed by atoms with Gasteiger partial charge in [0.1, 0.15) is 5.75 Å². The summed E-state index contributed by atoms with van der Waals surface area (Å²) in [7, 11) is 0.